The number of nitriles is 1. The van der Waals surface area contributed by atoms with Crippen molar-refractivity contribution in [2.24, 2.45) is 0 Å². The molecule has 2 aromatic rings. The number of nitrogens with one attached hydrogen (secondary N) is 1. The third kappa shape index (κ3) is 5.87. The fourth-order valence-corrected chi connectivity index (χ4v) is 6.04. The van der Waals surface area contributed by atoms with Crippen LogP contribution in [0.1, 0.15) is 29.3 Å². The number of amides is 2. The third-order valence-corrected chi connectivity index (χ3v) is 7.87. The zero-order valence-electron chi connectivity index (χ0n) is 17.1. The summed E-state index contributed by atoms with van der Waals surface area (Å²) in [5.74, 6) is -0.661. The van der Waals surface area contributed by atoms with E-state index in [1.165, 1.54) is 16.7 Å². The zero-order chi connectivity index (χ0) is 22.4. The van der Waals surface area contributed by atoms with Crippen molar-refractivity contribution in [3.05, 3.63) is 59.7 Å². The second-order valence-electron chi connectivity index (χ2n) is 7.19. The minimum absolute atomic E-state index is 0.0589. The topological polar surface area (TPSA) is 107 Å². The molecule has 0 radical (unpaired) electrons. The fourth-order valence-electron chi connectivity index (χ4n) is 3.35. The standard InChI is InChI=1S/C22H23N3O4S2/c1-2-25(14-21(26)24-17-11-12-31(28,29)15-17)22(27)18-8-4-6-10-20(18)30-19-9-5-3-7-16(19)13-23/h3-10,17H,2,11-12,14-15H2,1H3,(H,24,26)/t17-/m0/s1. The summed E-state index contributed by atoms with van der Waals surface area (Å²) in [5, 5.41) is 12.1. The maximum absolute atomic E-state index is 13.2. The molecular formula is C22H23N3O4S2. The molecule has 7 nitrogen and oxygen atoms in total. The summed E-state index contributed by atoms with van der Waals surface area (Å²) in [5.41, 5.74) is 0.964. The Hall–Kier alpha value is -2.83. The molecule has 1 fully saturated rings. The van der Waals surface area contributed by atoms with Gasteiger partial charge in [-0.1, -0.05) is 36.0 Å². The summed E-state index contributed by atoms with van der Waals surface area (Å²) < 4.78 is 23.2. The zero-order valence-corrected chi connectivity index (χ0v) is 18.7. The number of benzene rings is 2. The van der Waals surface area contributed by atoms with Crippen molar-refractivity contribution in [1.29, 1.82) is 5.26 Å². The molecule has 1 aliphatic rings. The number of rotatable bonds is 7. The average molecular weight is 458 g/mol. The van der Waals surface area contributed by atoms with Gasteiger partial charge in [-0.05, 0) is 37.6 Å². The van der Waals surface area contributed by atoms with E-state index in [0.717, 1.165) is 4.90 Å². The van der Waals surface area contributed by atoms with E-state index in [0.29, 0.717) is 29.0 Å². The maximum Gasteiger partial charge on any atom is 0.255 e. The minimum atomic E-state index is -3.10. The van der Waals surface area contributed by atoms with Crippen LogP contribution in [0.25, 0.3) is 0 Å². The highest BCUT2D eigenvalue weighted by Gasteiger charge is 2.29. The van der Waals surface area contributed by atoms with E-state index in [9.17, 15) is 23.3 Å². The fraction of sp³-hybridized carbons (Fsp3) is 0.318. The summed E-state index contributed by atoms with van der Waals surface area (Å²) in [4.78, 5) is 28.5. The predicted molar refractivity (Wildman–Crippen MR) is 119 cm³/mol. The molecule has 0 aliphatic carbocycles. The van der Waals surface area contributed by atoms with Gasteiger partial charge in [0.1, 0.15) is 6.07 Å². The van der Waals surface area contributed by atoms with Crippen molar-refractivity contribution in [2.45, 2.75) is 29.2 Å². The van der Waals surface area contributed by atoms with Crippen LogP contribution in [0.5, 0.6) is 0 Å². The van der Waals surface area contributed by atoms with Crippen molar-refractivity contribution in [3.63, 3.8) is 0 Å². The van der Waals surface area contributed by atoms with E-state index >= 15 is 0 Å². The SMILES string of the molecule is CCN(CC(=O)N[C@H]1CCS(=O)(=O)C1)C(=O)c1ccccc1Sc1ccccc1C#N. The van der Waals surface area contributed by atoms with Crippen LogP contribution in [-0.2, 0) is 14.6 Å². The first kappa shape index (κ1) is 22.8. The molecule has 0 saturated carbocycles. The molecule has 3 rings (SSSR count). The quantitative estimate of drug-likeness (QED) is 0.684. The number of carbonyl (C=O) groups is 2. The number of likely N-dealkylation sites (N-methyl/N-ethyl adjacent to an activating group) is 1. The van der Waals surface area contributed by atoms with Crippen molar-refractivity contribution in [1.82, 2.24) is 10.2 Å². The van der Waals surface area contributed by atoms with E-state index in [1.54, 1.807) is 31.2 Å². The van der Waals surface area contributed by atoms with E-state index in [-0.39, 0.29) is 29.9 Å². The highest BCUT2D eigenvalue weighted by Crippen LogP contribution is 2.33. The smallest absolute Gasteiger partial charge is 0.255 e. The first-order valence-corrected chi connectivity index (χ1v) is 12.5. The number of carbonyl (C=O) groups excluding carboxylic acids is 2. The molecule has 162 valence electrons. The highest BCUT2D eigenvalue weighted by molar-refractivity contribution is 7.99. The van der Waals surface area contributed by atoms with Crippen LogP contribution in [0.3, 0.4) is 0 Å². The lowest BCUT2D eigenvalue weighted by atomic mass is 10.2. The summed E-state index contributed by atoms with van der Waals surface area (Å²) in [6.07, 6.45) is 0.395. The molecule has 1 N–H and O–H groups in total. The molecule has 31 heavy (non-hydrogen) atoms. The van der Waals surface area contributed by atoms with Crippen LogP contribution in [0.2, 0.25) is 0 Å². The molecule has 0 aromatic heterocycles. The second-order valence-corrected chi connectivity index (χ2v) is 10.5. The van der Waals surface area contributed by atoms with E-state index in [2.05, 4.69) is 11.4 Å². The van der Waals surface area contributed by atoms with Gasteiger partial charge in [0.25, 0.3) is 5.91 Å². The molecular weight excluding hydrogens is 434 g/mol. The van der Waals surface area contributed by atoms with Crippen LogP contribution >= 0.6 is 11.8 Å². The Balaban J connectivity index is 1.73. The molecule has 1 saturated heterocycles. The van der Waals surface area contributed by atoms with Crippen molar-refractivity contribution < 1.29 is 18.0 Å². The molecule has 2 amide bonds. The van der Waals surface area contributed by atoms with Crippen LogP contribution < -0.4 is 5.32 Å². The third-order valence-electron chi connectivity index (χ3n) is 4.95. The molecule has 9 heteroatoms. The molecule has 0 spiro atoms. The van der Waals surface area contributed by atoms with Gasteiger partial charge in [0, 0.05) is 22.4 Å². The predicted octanol–water partition coefficient (Wildman–Crippen LogP) is 2.47. The van der Waals surface area contributed by atoms with E-state index in [4.69, 9.17) is 0 Å². The van der Waals surface area contributed by atoms with Crippen LogP contribution in [-0.4, -0.2) is 55.8 Å². The van der Waals surface area contributed by atoms with Gasteiger partial charge in [0.2, 0.25) is 5.91 Å². The summed E-state index contributed by atoms with van der Waals surface area (Å²) in [6.45, 7) is 1.95. The van der Waals surface area contributed by atoms with Gasteiger partial charge >= 0.3 is 0 Å². The van der Waals surface area contributed by atoms with Crippen LogP contribution in [0.15, 0.2) is 58.3 Å². The summed E-state index contributed by atoms with van der Waals surface area (Å²) in [7, 11) is -3.10. The van der Waals surface area contributed by atoms with Gasteiger partial charge in [0.05, 0.1) is 29.2 Å². The van der Waals surface area contributed by atoms with Gasteiger partial charge in [-0.25, -0.2) is 8.42 Å². The van der Waals surface area contributed by atoms with Crippen molar-refractivity contribution in [3.8, 4) is 6.07 Å². The van der Waals surface area contributed by atoms with Crippen LogP contribution in [0.4, 0.5) is 0 Å². The lowest BCUT2D eigenvalue weighted by Gasteiger charge is -2.22. The number of sulfone groups is 1. The Bertz CT molecular complexity index is 1130. The average Bonchev–Trinajstić information content (AvgIpc) is 3.10. The Morgan fingerprint density at radius 2 is 1.84 bits per heavy atom. The van der Waals surface area contributed by atoms with Crippen molar-refractivity contribution in [2.75, 3.05) is 24.6 Å². The molecule has 0 bridgehead atoms. The first-order valence-electron chi connectivity index (χ1n) is 9.88. The van der Waals surface area contributed by atoms with Gasteiger partial charge in [0.15, 0.2) is 9.84 Å². The second kappa shape index (κ2) is 9.98. The number of nitrogens with zero attached hydrogens (tertiary/aromatic N) is 2. The maximum atomic E-state index is 13.2. The van der Waals surface area contributed by atoms with Crippen molar-refractivity contribution >= 4 is 33.4 Å². The van der Waals surface area contributed by atoms with Gasteiger partial charge in [-0.2, -0.15) is 5.26 Å². The number of hydrogen-bond acceptors (Lipinski definition) is 6. The van der Waals surface area contributed by atoms with Gasteiger partial charge in [-0.3, -0.25) is 9.59 Å². The molecule has 1 aliphatic heterocycles. The normalized spacial score (nSPS) is 17.0. The largest absolute Gasteiger partial charge is 0.351 e. The Morgan fingerprint density at radius 1 is 1.16 bits per heavy atom. The summed E-state index contributed by atoms with van der Waals surface area (Å²) in [6, 6.07) is 16.0. The lowest BCUT2D eigenvalue weighted by molar-refractivity contribution is -0.122. The lowest BCUT2D eigenvalue weighted by Crippen LogP contribution is -2.44. The van der Waals surface area contributed by atoms with Gasteiger partial charge in [-0.15, -0.1) is 0 Å². The molecule has 1 atom stereocenters. The minimum Gasteiger partial charge on any atom is -0.351 e. The molecule has 2 aromatic carbocycles. The summed E-state index contributed by atoms with van der Waals surface area (Å²) >= 11 is 1.33. The Labute approximate surface area is 186 Å². The molecule has 1 heterocycles. The first-order chi connectivity index (χ1) is 14.8. The van der Waals surface area contributed by atoms with Gasteiger partial charge < -0.3 is 10.2 Å². The number of hydrogen-bond donors (Lipinski definition) is 1. The molecule has 0 unspecified atom stereocenters. The van der Waals surface area contributed by atoms with E-state index in [1.807, 2.05) is 24.3 Å². The Morgan fingerprint density at radius 3 is 2.48 bits per heavy atom. The van der Waals surface area contributed by atoms with Crippen LogP contribution in [0, 0.1) is 11.3 Å². The highest BCUT2D eigenvalue weighted by atomic mass is 32.2. The monoisotopic (exact) mass is 457 g/mol. The Kier molecular flexibility index (Phi) is 7.36. The van der Waals surface area contributed by atoms with E-state index < -0.39 is 15.9 Å².